The maximum atomic E-state index is 13.9. The largest absolute Gasteiger partial charge is 0.494 e. The smallest absolute Gasteiger partial charge is 0.408 e. The summed E-state index contributed by atoms with van der Waals surface area (Å²) in [4.78, 5) is 11.2. The van der Waals surface area contributed by atoms with Crippen molar-refractivity contribution in [3.05, 3.63) is 28.2 Å². The van der Waals surface area contributed by atoms with Gasteiger partial charge in [0.2, 0.25) is 0 Å². The molecule has 0 aromatic heterocycles. The average Bonchev–Trinajstić information content (AvgIpc) is 2.35. The highest BCUT2D eigenvalue weighted by Crippen LogP contribution is 2.39. The van der Waals surface area contributed by atoms with Crippen molar-refractivity contribution in [2.45, 2.75) is 18.9 Å². The molecular formula is C12H13BrClF2NO3. The van der Waals surface area contributed by atoms with E-state index >= 15 is 0 Å². The molecule has 1 aliphatic heterocycles. The highest BCUT2D eigenvalue weighted by Gasteiger charge is 2.48. The van der Waals surface area contributed by atoms with Gasteiger partial charge in [-0.05, 0) is 25.1 Å². The predicted octanol–water partition coefficient (Wildman–Crippen LogP) is 3.69. The second-order valence-electron chi connectivity index (χ2n) is 4.03. The molecule has 0 unspecified atom stereocenters. The summed E-state index contributed by atoms with van der Waals surface area (Å²) in [6.07, 6.45) is -0.863. The third-order valence-corrected chi connectivity index (χ3v) is 3.16. The van der Waals surface area contributed by atoms with Crippen molar-refractivity contribution in [2.75, 3.05) is 13.2 Å². The summed E-state index contributed by atoms with van der Waals surface area (Å²) in [5, 5.41) is 2.14. The van der Waals surface area contributed by atoms with Crippen molar-refractivity contribution in [2.24, 2.45) is 0 Å². The van der Waals surface area contributed by atoms with Gasteiger partial charge in [0.1, 0.15) is 11.8 Å². The van der Waals surface area contributed by atoms with Crippen LogP contribution in [0.15, 0.2) is 22.7 Å². The Bertz CT molecular complexity index is 502. The molecule has 0 bridgehead atoms. The van der Waals surface area contributed by atoms with Gasteiger partial charge in [0.15, 0.2) is 6.61 Å². The number of rotatable bonds is 3. The molecule has 1 saturated heterocycles. The van der Waals surface area contributed by atoms with Gasteiger partial charge < -0.3 is 14.8 Å². The molecule has 0 aliphatic carbocycles. The molecule has 1 heterocycles. The fraction of sp³-hybridized carbons (Fsp3) is 0.417. The minimum Gasteiger partial charge on any atom is -0.494 e. The Hall–Kier alpha value is -1.08. The Morgan fingerprint density at radius 1 is 1.55 bits per heavy atom. The maximum absolute atomic E-state index is 13.9. The van der Waals surface area contributed by atoms with Gasteiger partial charge in [-0.2, -0.15) is 0 Å². The van der Waals surface area contributed by atoms with Crippen LogP contribution in [-0.2, 0) is 4.74 Å². The third kappa shape index (κ3) is 3.52. The van der Waals surface area contributed by atoms with E-state index < -0.39 is 24.7 Å². The van der Waals surface area contributed by atoms with Crippen LogP contribution in [0.5, 0.6) is 5.75 Å². The normalized spacial score (nSPS) is 20.4. The highest BCUT2D eigenvalue weighted by molar-refractivity contribution is 9.10. The van der Waals surface area contributed by atoms with Gasteiger partial charge in [0.25, 0.3) is 0 Å². The van der Waals surface area contributed by atoms with Crippen LogP contribution in [0, 0.1) is 0 Å². The molecule has 1 fully saturated rings. The number of hydrogen-bond donors (Lipinski definition) is 1. The summed E-state index contributed by atoms with van der Waals surface area (Å²) in [5.41, 5.74) is 0.220. The lowest BCUT2D eigenvalue weighted by atomic mass is 9.99. The maximum Gasteiger partial charge on any atom is 0.408 e. The summed E-state index contributed by atoms with van der Waals surface area (Å²) < 4.78 is 38.0. The molecule has 4 nitrogen and oxygen atoms in total. The average molecular weight is 373 g/mol. The molecule has 0 saturated carbocycles. The van der Waals surface area contributed by atoms with Crippen molar-refractivity contribution >= 4 is 34.4 Å². The molecule has 112 valence electrons. The minimum atomic E-state index is -3.19. The zero-order chi connectivity index (χ0) is 14.0. The van der Waals surface area contributed by atoms with E-state index in [1.54, 1.807) is 19.1 Å². The van der Waals surface area contributed by atoms with Crippen LogP contribution in [0.1, 0.15) is 18.5 Å². The molecule has 2 rings (SSSR count). The number of carbonyl (C=O) groups is 1. The van der Waals surface area contributed by atoms with Crippen molar-refractivity contribution < 1.29 is 23.0 Å². The fourth-order valence-electron chi connectivity index (χ4n) is 1.85. The zero-order valence-electron chi connectivity index (χ0n) is 10.5. The molecule has 1 aromatic rings. The van der Waals surface area contributed by atoms with Crippen LogP contribution in [0.2, 0.25) is 0 Å². The minimum absolute atomic E-state index is 0. The second-order valence-corrected chi connectivity index (χ2v) is 4.95. The number of hydrogen-bond acceptors (Lipinski definition) is 3. The number of ether oxygens (including phenoxy) is 2. The van der Waals surface area contributed by atoms with Crippen LogP contribution in [-0.4, -0.2) is 25.2 Å². The van der Waals surface area contributed by atoms with E-state index in [-0.39, 0.29) is 18.0 Å². The monoisotopic (exact) mass is 371 g/mol. The molecule has 20 heavy (non-hydrogen) atoms. The van der Waals surface area contributed by atoms with E-state index in [9.17, 15) is 13.6 Å². The molecular weight excluding hydrogens is 359 g/mol. The van der Waals surface area contributed by atoms with Crippen LogP contribution in [0.4, 0.5) is 13.6 Å². The number of carbonyl (C=O) groups excluding carboxylic acids is 1. The second kappa shape index (κ2) is 6.58. The van der Waals surface area contributed by atoms with Crippen molar-refractivity contribution in [1.29, 1.82) is 0 Å². The molecule has 0 spiro atoms. The van der Waals surface area contributed by atoms with E-state index in [2.05, 4.69) is 26.0 Å². The third-order valence-electron chi connectivity index (χ3n) is 2.66. The van der Waals surface area contributed by atoms with Gasteiger partial charge >= 0.3 is 12.0 Å². The number of halogens is 4. The lowest BCUT2D eigenvalue weighted by Crippen LogP contribution is -2.49. The Balaban J connectivity index is 0.00000200. The Kier molecular flexibility index (Phi) is 5.59. The summed E-state index contributed by atoms with van der Waals surface area (Å²) in [5.74, 6) is -2.88. The standard InChI is InChI=1S/C12H12BrF2NO3.ClH/c1-2-18-9-4-3-7(13)5-8(9)10-12(14,15)6-19-11(17)16-10;/h3-5,10H,2,6H2,1H3,(H,16,17);1H/t10-;/m1./s1. The summed E-state index contributed by atoms with van der Waals surface area (Å²) >= 11 is 3.22. The van der Waals surface area contributed by atoms with Crippen molar-refractivity contribution in [3.8, 4) is 5.75 Å². The van der Waals surface area contributed by atoms with E-state index in [0.717, 1.165) is 0 Å². The molecule has 1 N–H and O–H groups in total. The van der Waals surface area contributed by atoms with Gasteiger partial charge in [-0.1, -0.05) is 15.9 Å². The Morgan fingerprint density at radius 3 is 2.90 bits per heavy atom. The van der Waals surface area contributed by atoms with Gasteiger partial charge in [-0.3, -0.25) is 0 Å². The number of amides is 1. The molecule has 1 atom stereocenters. The number of benzene rings is 1. The topological polar surface area (TPSA) is 47.6 Å². The zero-order valence-corrected chi connectivity index (χ0v) is 12.9. The first-order valence-electron chi connectivity index (χ1n) is 5.67. The van der Waals surface area contributed by atoms with Crippen LogP contribution < -0.4 is 10.1 Å². The molecule has 1 aromatic carbocycles. The first-order valence-corrected chi connectivity index (χ1v) is 6.46. The summed E-state index contributed by atoms with van der Waals surface area (Å²) in [6.45, 7) is 1.16. The predicted molar refractivity (Wildman–Crippen MR) is 74.7 cm³/mol. The van der Waals surface area contributed by atoms with Gasteiger partial charge in [-0.25, -0.2) is 13.6 Å². The van der Waals surface area contributed by atoms with Gasteiger partial charge in [0.05, 0.1) is 6.61 Å². The SMILES string of the molecule is CCOc1ccc(Br)cc1[C@H]1NC(=O)OCC1(F)F.Cl. The Labute approximate surface area is 129 Å². The summed E-state index contributed by atoms with van der Waals surface area (Å²) in [6, 6.07) is 3.32. The number of cyclic esters (lactones) is 1. The first-order chi connectivity index (χ1) is 8.94. The molecule has 0 radical (unpaired) electrons. The van der Waals surface area contributed by atoms with E-state index in [4.69, 9.17) is 4.74 Å². The number of alkyl halides is 2. The lowest BCUT2D eigenvalue weighted by Gasteiger charge is -2.32. The van der Waals surface area contributed by atoms with Crippen molar-refractivity contribution in [1.82, 2.24) is 5.32 Å². The van der Waals surface area contributed by atoms with E-state index in [0.29, 0.717) is 16.8 Å². The molecule has 8 heteroatoms. The highest BCUT2D eigenvalue weighted by atomic mass is 79.9. The number of nitrogens with one attached hydrogen (secondary N) is 1. The van der Waals surface area contributed by atoms with Crippen LogP contribution in [0.3, 0.4) is 0 Å². The van der Waals surface area contributed by atoms with E-state index in [1.807, 2.05) is 0 Å². The first kappa shape index (κ1) is 17.0. The van der Waals surface area contributed by atoms with Crippen molar-refractivity contribution in [3.63, 3.8) is 0 Å². The Morgan fingerprint density at radius 2 is 2.25 bits per heavy atom. The van der Waals surface area contributed by atoms with Gasteiger partial charge in [-0.15, -0.1) is 12.4 Å². The van der Waals surface area contributed by atoms with Crippen LogP contribution >= 0.6 is 28.3 Å². The molecule has 1 aliphatic rings. The quantitative estimate of drug-likeness (QED) is 0.880. The molecule has 1 amide bonds. The number of alkyl carbamates (subject to hydrolysis) is 1. The lowest BCUT2D eigenvalue weighted by molar-refractivity contribution is -0.104. The van der Waals surface area contributed by atoms with Crippen LogP contribution in [0.25, 0.3) is 0 Å². The van der Waals surface area contributed by atoms with E-state index in [1.165, 1.54) is 6.07 Å². The van der Waals surface area contributed by atoms with Gasteiger partial charge in [0, 0.05) is 10.0 Å². The summed E-state index contributed by atoms with van der Waals surface area (Å²) in [7, 11) is 0. The fourth-order valence-corrected chi connectivity index (χ4v) is 2.23.